The Morgan fingerprint density at radius 2 is 2.10 bits per heavy atom. The molecule has 0 spiro atoms. The molecule has 0 aromatic heterocycles. The summed E-state index contributed by atoms with van der Waals surface area (Å²) in [5.41, 5.74) is 0.804. The summed E-state index contributed by atoms with van der Waals surface area (Å²) >= 11 is 0. The maximum absolute atomic E-state index is 11.5. The van der Waals surface area contributed by atoms with E-state index in [1.54, 1.807) is 6.08 Å². The fourth-order valence-corrected chi connectivity index (χ4v) is 4.45. The Hall–Kier alpha value is -1.33. The zero-order chi connectivity index (χ0) is 14.6. The molecule has 0 radical (unpaired) electrons. The molecule has 0 bridgehead atoms. The third-order valence-corrected chi connectivity index (χ3v) is 5.42. The molecular weight excluding hydrogens is 274 g/mol. The summed E-state index contributed by atoms with van der Waals surface area (Å²) in [5, 5.41) is 3.36. The highest BCUT2D eigenvalue weighted by Gasteiger charge is 2.37. The zero-order valence-electron chi connectivity index (χ0n) is 11.8. The van der Waals surface area contributed by atoms with Crippen LogP contribution in [-0.4, -0.2) is 32.1 Å². The number of rotatable bonds is 6. The van der Waals surface area contributed by atoms with Crippen molar-refractivity contribution in [1.29, 1.82) is 0 Å². The van der Waals surface area contributed by atoms with Crippen molar-refractivity contribution in [3.05, 3.63) is 42.5 Å². The summed E-state index contributed by atoms with van der Waals surface area (Å²) in [4.78, 5) is 0. The van der Waals surface area contributed by atoms with E-state index in [1.165, 1.54) is 0 Å². The molecule has 1 aromatic carbocycles. The van der Waals surface area contributed by atoms with Gasteiger partial charge >= 0.3 is 0 Å². The van der Waals surface area contributed by atoms with E-state index in [9.17, 15) is 8.42 Å². The first-order valence-electron chi connectivity index (χ1n) is 6.71. The predicted octanol–water partition coefficient (Wildman–Crippen LogP) is 1.92. The topological polar surface area (TPSA) is 55.4 Å². The van der Waals surface area contributed by atoms with Crippen molar-refractivity contribution in [1.82, 2.24) is 5.32 Å². The molecule has 1 aliphatic rings. The monoisotopic (exact) mass is 295 g/mol. The molecule has 1 saturated heterocycles. The molecule has 1 unspecified atom stereocenters. The lowest BCUT2D eigenvalue weighted by molar-refractivity contribution is 0.362. The average molecular weight is 295 g/mol. The Morgan fingerprint density at radius 1 is 1.40 bits per heavy atom. The van der Waals surface area contributed by atoms with Gasteiger partial charge in [-0.05, 0) is 31.0 Å². The number of nitrogens with one attached hydrogen (secondary N) is 1. The van der Waals surface area contributed by atoms with Gasteiger partial charge in [-0.25, -0.2) is 8.42 Å². The van der Waals surface area contributed by atoms with Gasteiger partial charge in [-0.3, -0.25) is 0 Å². The fourth-order valence-electron chi connectivity index (χ4n) is 2.32. The molecule has 5 heteroatoms. The van der Waals surface area contributed by atoms with Crippen molar-refractivity contribution in [2.75, 3.05) is 18.1 Å². The molecule has 1 fully saturated rings. The Bertz CT molecular complexity index is 565. The van der Waals surface area contributed by atoms with Gasteiger partial charge in [-0.1, -0.05) is 24.8 Å². The summed E-state index contributed by atoms with van der Waals surface area (Å²) in [6, 6.07) is 7.79. The van der Waals surface area contributed by atoms with Crippen LogP contribution in [0, 0.1) is 0 Å². The van der Waals surface area contributed by atoms with Crippen molar-refractivity contribution in [3.63, 3.8) is 0 Å². The van der Waals surface area contributed by atoms with Crippen molar-refractivity contribution >= 4 is 9.84 Å². The SMILES string of the molecule is C=CCOc1ccc(CNC2(C)CCS(=O)(=O)C2)cc1. The molecule has 1 aliphatic heterocycles. The summed E-state index contributed by atoms with van der Waals surface area (Å²) in [6.45, 7) is 6.73. The average Bonchev–Trinajstić information content (AvgIpc) is 2.70. The molecule has 4 nitrogen and oxygen atoms in total. The second-order valence-electron chi connectivity index (χ2n) is 5.50. The first-order valence-corrected chi connectivity index (χ1v) is 8.53. The Morgan fingerprint density at radius 3 is 2.65 bits per heavy atom. The Balaban J connectivity index is 1.89. The van der Waals surface area contributed by atoms with Gasteiger partial charge in [0.15, 0.2) is 9.84 Å². The third-order valence-electron chi connectivity index (χ3n) is 3.51. The van der Waals surface area contributed by atoms with Gasteiger partial charge in [0.1, 0.15) is 12.4 Å². The quantitative estimate of drug-likeness (QED) is 0.815. The first-order chi connectivity index (χ1) is 9.42. The smallest absolute Gasteiger partial charge is 0.152 e. The maximum Gasteiger partial charge on any atom is 0.152 e. The molecule has 1 N–H and O–H groups in total. The van der Waals surface area contributed by atoms with Crippen LogP contribution >= 0.6 is 0 Å². The first kappa shape index (κ1) is 15.1. The van der Waals surface area contributed by atoms with E-state index in [1.807, 2.05) is 31.2 Å². The second-order valence-corrected chi connectivity index (χ2v) is 7.68. The standard InChI is InChI=1S/C15H21NO3S/c1-3-9-19-14-6-4-13(5-7-14)11-16-15(2)8-10-20(17,18)12-15/h3-7,16H,1,8-12H2,2H3. The number of hydrogen-bond donors (Lipinski definition) is 1. The van der Waals surface area contributed by atoms with E-state index in [4.69, 9.17) is 4.74 Å². The van der Waals surface area contributed by atoms with Gasteiger partial charge in [0.05, 0.1) is 11.5 Å². The van der Waals surface area contributed by atoms with Crippen LogP contribution in [0.2, 0.25) is 0 Å². The van der Waals surface area contributed by atoms with Crippen LogP contribution in [-0.2, 0) is 16.4 Å². The highest BCUT2D eigenvalue weighted by molar-refractivity contribution is 7.91. The van der Waals surface area contributed by atoms with E-state index >= 15 is 0 Å². The number of hydrogen-bond acceptors (Lipinski definition) is 4. The van der Waals surface area contributed by atoms with Crippen molar-refractivity contribution in [2.45, 2.75) is 25.4 Å². The highest BCUT2D eigenvalue weighted by Crippen LogP contribution is 2.23. The minimum Gasteiger partial charge on any atom is -0.490 e. The van der Waals surface area contributed by atoms with Crippen LogP contribution < -0.4 is 10.1 Å². The predicted molar refractivity (Wildman–Crippen MR) is 80.6 cm³/mol. The molecule has 1 aromatic rings. The zero-order valence-corrected chi connectivity index (χ0v) is 12.6. The fraction of sp³-hybridized carbons (Fsp3) is 0.467. The Kier molecular flexibility index (Phi) is 4.50. The van der Waals surface area contributed by atoms with Gasteiger partial charge in [-0.2, -0.15) is 0 Å². The van der Waals surface area contributed by atoms with Crippen LogP contribution in [0.1, 0.15) is 18.9 Å². The minimum absolute atomic E-state index is 0.223. The van der Waals surface area contributed by atoms with Crippen LogP contribution in [0.4, 0.5) is 0 Å². The van der Waals surface area contributed by atoms with Gasteiger partial charge < -0.3 is 10.1 Å². The number of benzene rings is 1. The van der Waals surface area contributed by atoms with Gasteiger partial charge in [0.25, 0.3) is 0 Å². The molecule has 110 valence electrons. The van der Waals surface area contributed by atoms with Crippen LogP contribution in [0.5, 0.6) is 5.75 Å². The van der Waals surface area contributed by atoms with E-state index in [-0.39, 0.29) is 17.0 Å². The molecule has 0 amide bonds. The lowest BCUT2D eigenvalue weighted by Gasteiger charge is -2.24. The number of sulfone groups is 1. The lowest BCUT2D eigenvalue weighted by atomic mass is 10.0. The molecule has 1 atom stereocenters. The van der Waals surface area contributed by atoms with Gasteiger partial charge in [-0.15, -0.1) is 0 Å². The highest BCUT2D eigenvalue weighted by atomic mass is 32.2. The largest absolute Gasteiger partial charge is 0.490 e. The van der Waals surface area contributed by atoms with Crippen LogP contribution in [0.25, 0.3) is 0 Å². The summed E-state index contributed by atoms with van der Waals surface area (Å²) < 4.78 is 28.5. The molecule has 1 heterocycles. The van der Waals surface area contributed by atoms with Crippen LogP contribution in [0.3, 0.4) is 0 Å². The lowest BCUT2D eigenvalue weighted by Crippen LogP contribution is -2.42. The number of ether oxygens (including phenoxy) is 1. The van der Waals surface area contributed by atoms with E-state index in [0.717, 1.165) is 11.3 Å². The molecule has 2 rings (SSSR count). The van der Waals surface area contributed by atoms with Gasteiger partial charge in [0, 0.05) is 12.1 Å². The van der Waals surface area contributed by atoms with E-state index in [2.05, 4.69) is 11.9 Å². The second kappa shape index (κ2) is 5.97. The molecule has 0 saturated carbocycles. The van der Waals surface area contributed by atoms with Crippen molar-refractivity contribution in [3.8, 4) is 5.75 Å². The third kappa shape index (κ3) is 4.08. The Labute approximate surface area is 120 Å². The van der Waals surface area contributed by atoms with Crippen molar-refractivity contribution < 1.29 is 13.2 Å². The van der Waals surface area contributed by atoms with E-state index < -0.39 is 9.84 Å². The summed E-state index contributed by atoms with van der Waals surface area (Å²) in [6.07, 6.45) is 2.38. The summed E-state index contributed by atoms with van der Waals surface area (Å²) in [7, 11) is -2.87. The van der Waals surface area contributed by atoms with E-state index in [0.29, 0.717) is 19.6 Å². The normalized spacial score (nSPS) is 24.4. The molecule has 0 aliphatic carbocycles. The van der Waals surface area contributed by atoms with Gasteiger partial charge in [0.2, 0.25) is 0 Å². The maximum atomic E-state index is 11.5. The molecule has 20 heavy (non-hydrogen) atoms. The minimum atomic E-state index is -2.87. The summed E-state index contributed by atoms with van der Waals surface area (Å²) in [5.74, 6) is 1.31. The molecular formula is C15H21NO3S. The van der Waals surface area contributed by atoms with Crippen molar-refractivity contribution in [2.24, 2.45) is 0 Å². The van der Waals surface area contributed by atoms with Crippen LogP contribution in [0.15, 0.2) is 36.9 Å².